The molecule has 0 spiro atoms. The van der Waals surface area contributed by atoms with Crippen LogP contribution in [0.3, 0.4) is 0 Å². The molecule has 1 fully saturated rings. The lowest BCUT2D eigenvalue weighted by Gasteiger charge is -2.29. The van der Waals surface area contributed by atoms with Crippen LogP contribution in [0, 0.1) is 5.92 Å². The number of carbonyl (C=O) groups is 1. The molecule has 6 nitrogen and oxygen atoms in total. The smallest absolute Gasteiger partial charge is 0.227 e. The molecule has 1 aliphatic carbocycles. The highest BCUT2D eigenvalue weighted by Gasteiger charge is 2.35. The fourth-order valence-electron chi connectivity index (χ4n) is 3.55. The molecular formula is C23H24ClN3O3. The lowest BCUT2D eigenvalue weighted by atomic mass is 10.1. The first-order valence-corrected chi connectivity index (χ1v) is 10.5. The van der Waals surface area contributed by atoms with E-state index >= 15 is 0 Å². The van der Waals surface area contributed by atoms with Crippen molar-refractivity contribution in [1.82, 2.24) is 10.1 Å². The Morgan fingerprint density at radius 3 is 2.53 bits per heavy atom. The largest absolute Gasteiger partial charge is 0.497 e. The van der Waals surface area contributed by atoms with E-state index < -0.39 is 0 Å². The summed E-state index contributed by atoms with van der Waals surface area (Å²) in [6.07, 6.45) is 3.01. The Balaban J connectivity index is 1.45. The number of benzene rings is 2. The van der Waals surface area contributed by atoms with E-state index in [4.69, 9.17) is 20.9 Å². The zero-order valence-corrected chi connectivity index (χ0v) is 17.8. The Bertz CT molecular complexity index is 997. The average molecular weight is 426 g/mol. The Labute approximate surface area is 180 Å². The maximum Gasteiger partial charge on any atom is 0.227 e. The lowest BCUT2D eigenvalue weighted by Crippen LogP contribution is -2.40. The summed E-state index contributed by atoms with van der Waals surface area (Å²) >= 11 is 5.92. The minimum Gasteiger partial charge on any atom is -0.497 e. The Morgan fingerprint density at radius 2 is 1.90 bits per heavy atom. The van der Waals surface area contributed by atoms with Crippen molar-refractivity contribution in [1.29, 1.82) is 0 Å². The molecule has 30 heavy (non-hydrogen) atoms. The molecular weight excluding hydrogens is 402 g/mol. The van der Waals surface area contributed by atoms with Gasteiger partial charge in [0.15, 0.2) is 0 Å². The van der Waals surface area contributed by atoms with Gasteiger partial charge in [0.25, 0.3) is 0 Å². The van der Waals surface area contributed by atoms with Gasteiger partial charge < -0.3 is 14.2 Å². The van der Waals surface area contributed by atoms with Crippen LogP contribution in [-0.4, -0.2) is 29.2 Å². The van der Waals surface area contributed by atoms with Gasteiger partial charge in [0.1, 0.15) is 5.75 Å². The molecule has 7 heteroatoms. The maximum absolute atomic E-state index is 13.1. The number of aromatic nitrogens is 2. The number of anilines is 1. The van der Waals surface area contributed by atoms with E-state index in [1.807, 2.05) is 41.3 Å². The standard InChI is InChI=1S/C23H24ClN3O3/c1-15(16-3-4-16)27(19-9-11-20(29-2)12-10-19)22(28)14-13-21-25-23(26-30-21)17-5-7-18(24)8-6-17/h5-12,15-16H,3-4,13-14H2,1-2H3. The minimum atomic E-state index is 0.0470. The molecule has 0 aliphatic heterocycles. The van der Waals surface area contributed by atoms with Crippen LogP contribution < -0.4 is 9.64 Å². The number of hydrogen-bond acceptors (Lipinski definition) is 5. The van der Waals surface area contributed by atoms with Gasteiger partial charge in [-0.1, -0.05) is 16.8 Å². The minimum absolute atomic E-state index is 0.0470. The van der Waals surface area contributed by atoms with Gasteiger partial charge in [-0.15, -0.1) is 0 Å². The molecule has 0 bridgehead atoms. The second kappa shape index (κ2) is 8.88. The number of aryl methyl sites for hydroxylation is 1. The van der Waals surface area contributed by atoms with Gasteiger partial charge in [-0.25, -0.2) is 0 Å². The van der Waals surface area contributed by atoms with Crippen LogP contribution in [0.2, 0.25) is 5.02 Å². The summed E-state index contributed by atoms with van der Waals surface area (Å²) in [5.41, 5.74) is 1.70. The van der Waals surface area contributed by atoms with Gasteiger partial charge in [0.05, 0.1) is 7.11 Å². The van der Waals surface area contributed by atoms with Crippen molar-refractivity contribution < 1.29 is 14.1 Å². The second-order valence-corrected chi connectivity index (χ2v) is 7.99. The summed E-state index contributed by atoms with van der Waals surface area (Å²) in [4.78, 5) is 19.5. The summed E-state index contributed by atoms with van der Waals surface area (Å²) in [5.74, 6) is 2.31. The molecule has 1 unspecified atom stereocenters. The molecule has 0 saturated heterocycles. The van der Waals surface area contributed by atoms with Gasteiger partial charge in [0.2, 0.25) is 17.6 Å². The molecule has 1 heterocycles. The Kier molecular flexibility index (Phi) is 6.04. The predicted octanol–water partition coefficient (Wildman–Crippen LogP) is 5.16. The first kappa shape index (κ1) is 20.4. The molecule has 0 N–H and O–H groups in total. The number of nitrogens with zero attached hydrogens (tertiary/aromatic N) is 3. The fraction of sp³-hybridized carbons (Fsp3) is 0.348. The third-order valence-corrected chi connectivity index (χ3v) is 5.71. The van der Waals surface area contributed by atoms with Crippen LogP contribution in [0.1, 0.15) is 32.1 Å². The average Bonchev–Trinajstić information content (AvgIpc) is 3.51. The molecule has 1 atom stereocenters. The Hall–Kier alpha value is -2.86. The van der Waals surface area contributed by atoms with Crippen LogP contribution in [0.5, 0.6) is 5.75 Å². The van der Waals surface area contributed by atoms with Crippen molar-refractivity contribution in [3.63, 3.8) is 0 Å². The third kappa shape index (κ3) is 4.65. The van der Waals surface area contributed by atoms with E-state index in [0.717, 1.165) is 29.8 Å². The lowest BCUT2D eigenvalue weighted by molar-refractivity contribution is -0.119. The van der Waals surface area contributed by atoms with Crippen molar-refractivity contribution in [3.05, 3.63) is 59.4 Å². The zero-order chi connectivity index (χ0) is 21.1. The van der Waals surface area contributed by atoms with Crippen LogP contribution in [0.25, 0.3) is 11.4 Å². The normalized spacial score (nSPS) is 14.4. The molecule has 2 aromatic carbocycles. The number of halogens is 1. The molecule has 0 radical (unpaired) electrons. The molecule has 1 aromatic heterocycles. The molecule has 156 valence electrons. The summed E-state index contributed by atoms with van der Waals surface area (Å²) in [5, 5.41) is 4.67. The van der Waals surface area contributed by atoms with Crippen LogP contribution >= 0.6 is 11.6 Å². The molecule has 3 aromatic rings. The van der Waals surface area contributed by atoms with E-state index in [1.165, 1.54) is 0 Å². The fourth-order valence-corrected chi connectivity index (χ4v) is 3.67. The first-order valence-electron chi connectivity index (χ1n) is 10.1. The zero-order valence-electron chi connectivity index (χ0n) is 17.0. The quantitative estimate of drug-likeness (QED) is 0.498. The van der Waals surface area contributed by atoms with E-state index in [1.54, 1.807) is 19.2 Å². The van der Waals surface area contributed by atoms with Crippen LogP contribution in [-0.2, 0) is 11.2 Å². The van der Waals surface area contributed by atoms with E-state index in [9.17, 15) is 4.79 Å². The van der Waals surface area contributed by atoms with Crippen molar-refractivity contribution >= 4 is 23.2 Å². The van der Waals surface area contributed by atoms with Gasteiger partial charge >= 0.3 is 0 Å². The predicted molar refractivity (Wildman–Crippen MR) is 116 cm³/mol. The highest BCUT2D eigenvalue weighted by atomic mass is 35.5. The number of hydrogen-bond donors (Lipinski definition) is 0. The molecule has 1 saturated carbocycles. The third-order valence-electron chi connectivity index (χ3n) is 5.45. The highest BCUT2D eigenvalue weighted by molar-refractivity contribution is 6.30. The second-order valence-electron chi connectivity index (χ2n) is 7.56. The molecule has 1 amide bonds. The highest BCUT2D eigenvalue weighted by Crippen LogP contribution is 2.37. The SMILES string of the molecule is COc1ccc(N(C(=O)CCc2nc(-c3ccc(Cl)cc3)no2)C(C)C2CC2)cc1. The van der Waals surface area contributed by atoms with Crippen molar-refractivity contribution in [2.45, 2.75) is 38.6 Å². The number of methoxy groups -OCH3 is 1. The summed E-state index contributed by atoms with van der Waals surface area (Å²) in [6.45, 7) is 2.12. The van der Waals surface area contributed by atoms with Gasteiger partial charge in [-0.05, 0) is 74.2 Å². The number of carbonyl (C=O) groups excluding carboxylic acids is 1. The van der Waals surface area contributed by atoms with Gasteiger partial charge in [0, 0.05) is 35.2 Å². The number of amides is 1. The topological polar surface area (TPSA) is 68.5 Å². The number of ether oxygens (including phenoxy) is 1. The Morgan fingerprint density at radius 1 is 1.20 bits per heavy atom. The number of rotatable bonds is 8. The van der Waals surface area contributed by atoms with Crippen LogP contribution in [0.15, 0.2) is 53.1 Å². The molecule has 4 rings (SSSR count). The molecule has 1 aliphatic rings. The van der Waals surface area contributed by atoms with Gasteiger partial charge in [-0.2, -0.15) is 4.98 Å². The van der Waals surface area contributed by atoms with Crippen molar-refractivity contribution in [2.75, 3.05) is 12.0 Å². The van der Waals surface area contributed by atoms with E-state index in [0.29, 0.717) is 35.5 Å². The summed E-state index contributed by atoms with van der Waals surface area (Å²) in [6, 6.07) is 15.0. The summed E-state index contributed by atoms with van der Waals surface area (Å²) in [7, 11) is 1.63. The van der Waals surface area contributed by atoms with E-state index in [-0.39, 0.29) is 11.9 Å². The van der Waals surface area contributed by atoms with Crippen molar-refractivity contribution in [2.24, 2.45) is 5.92 Å². The van der Waals surface area contributed by atoms with E-state index in [2.05, 4.69) is 17.1 Å². The summed E-state index contributed by atoms with van der Waals surface area (Å²) < 4.78 is 10.6. The maximum atomic E-state index is 13.1. The monoisotopic (exact) mass is 425 g/mol. The van der Waals surface area contributed by atoms with Gasteiger partial charge in [-0.3, -0.25) is 4.79 Å². The first-order chi connectivity index (χ1) is 14.5. The van der Waals surface area contributed by atoms with Crippen molar-refractivity contribution in [3.8, 4) is 17.1 Å². The van der Waals surface area contributed by atoms with Crippen LogP contribution in [0.4, 0.5) is 5.69 Å².